The van der Waals surface area contributed by atoms with E-state index in [1.807, 2.05) is 41.5 Å². The molecule has 0 aromatic rings. The van der Waals surface area contributed by atoms with Gasteiger partial charge in [-0.05, 0) is 67.2 Å². The van der Waals surface area contributed by atoms with Crippen LogP contribution < -0.4 is 11.1 Å². The van der Waals surface area contributed by atoms with E-state index in [-0.39, 0.29) is 18.2 Å². The van der Waals surface area contributed by atoms with E-state index in [4.69, 9.17) is 15.2 Å². The summed E-state index contributed by atoms with van der Waals surface area (Å²) < 4.78 is 10.7. The molecule has 0 spiro atoms. The van der Waals surface area contributed by atoms with Crippen molar-refractivity contribution in [3.05, 3.63) is 0 Å². The summed E-state index contributed by atoms with van der Waals surface area (Å²) in [5.74, 6) is -0.869. The first-order valence-corrected chi connectivity index (χ1v) is 11.2. The Labute approximate surface area is 182 Å². The molecule has 0 saturated carbocycles. The minimum absolute atomic E-state index is 0.109. The molecule has 0 aromatic carbocycles. The first-order valence-electron chi connectivity index (χ1n) is 11.2. The highest BCUT2D eigenvalue weighted by Gasteiger charge is 2.28. The molecule has 0 aliphatic carbocycles. The Morgan fingerprint density at radius 3 is 1.97 bits per heavy atom. The maximum Gasteiger partial charge on any atom is 0.407 e. The number of nitrogens with one attached hydrogen (secondary N) is 1. The Bertz CT molecular complexity index is 535. The van der Waals surface area contributed by atoms with E-state index in [2.05, 4.69) is 12.2 Å². The fourth-order valence-corrected chi connectivity index (χ4v) is 2.88. The summed E-state index contributed by atoms with van der Waals surface area (Å²) in [5.41, 5.74) is 4.96. The fourth-order valence-electron chi connectivity index (χ4n) is 2.88. The van der Waals surface area contributed by atoms with E-state index in [1.54, 1.807) is 0 Å². The van der Waals surface area contributed by atoms with E-state index in [0.717, 1.165) is 19.3 Å². The number of carbonyl (C=O) groups is 3. The lowest BCUT2D eigenvalue weighted by Crippen LogP contribution is -2.36. The molecule has 0 aromatic heterocycles. The number of rotatable bonds is 13. The van der Waals surface area contributed by atoms with Crippen LogP contribution >= 0.6 is 0 Å². The largest absolute Gasteiger partial charge is 0.460 e. The second-order valence-electron chi connectivity index (χ2n) is 9.93. The van der Waals surface area contributed by atoms with Gasteiger partial charge in [0.25, 0.3) is 0 Å². The first kappa shape index (κ1) is 28.4. The predicted octanol–water partition coefficient (Wildman–Crippen LogP) is 4.51. The van der Waals surface area contributed by atoms with Crippen LogP contribution in [0.2, 0.25) is 0 Å². The van der Waals surface area contributed by atoms with Gasteiger partial charge in [-0.2, -0.15) is 0 Å². The molecule has 30 heavy (non-hydrogen) atoms. The van der Waals surface area contributed by atoms with Gasteiger partial charge in [0.2, 0.25) is 0 Å². The zero-order valence-electron chi connectivity index (χ0n) is 20.1. The fraction of sp³-hybridized carbons (Fsp3) is 0.870. The number of Topliss-reactive ketones (excluding diaryl/α,β-unsaturated/α-hetero) is 1. The number of esters is 1. The molecule has 0 heterocycles. The summed E-state index contributed by atoms with van der Waals surface area (Å²) in [5, 5.41) is 2.69. The Morgan fingerprint density at radius 2 is 1.43 bits per heavy atom. The monoisotopic (exact) mass is 428 g/mol. The smallest absolute Gasteiger partial charge is 0.407 e. The lowest BCUT2D eigenvalue weighted by molar-refractivity contribution is -0.161. The van der Waals surface area contributed by atoms with Crippen LogP contribution in [0, 0.1) is 5.92 Å². The van der Waals surface area contributed by atoms with Gasteiger partial charge in [-0.1, -0.05) is 26.2 Å². The third kappa shape index (κ3) is 15.2. The molecular weight excluding hydrogens is 384 g/mol. The van der Waals surface area contributed by atoms with Crippen molar-refractivity contribution in [2.45, 2.75) is 117 Å². The van der Waals surface area contributed by atoms with Crippen molar-refractivity contribution in [1.29, 1.82) is 0 Å². The maximum atomic E-state index is 12.6. The molecule has 0 aliphatic heterocycles. The average molecular weight is 429 g/mol. The van der Waals surface area contributed by atoms with Gasteiger partial charge in [-0.15, -0.1) is 0 Å². The van der Waals surface area contributed by atoms with E-state index >= 15 is 0 Å². The van der Waals surface area contributed by atoms with E-state index in [0.29, 0.717) is 32.2 Å². The van der Waals surface area contributed by atoms with Crippen LogP contribution in [0.1, 0.15) is 99.8 Å². The molecule has 3 N–H and O–H groups in total. The molecule has 0 saturated heterocycles. The molecule has 2 atom stereocenters. The summed E-state index contributed by atoms with van der Waals surface area (Å²) >= 11 is 0. The van der Waals surface area contributed by atoms with Gasteiger partial charge in [0.15, 0.2) is 0 Å². The predicted molar refractivity (Wildman–Crippen MR) is 119 cm³/mol. The second kappa shape index (κ2) is 13.6. The number of nitrogens with two attached hydrogens (primary N) is 1. The summed E-state index contributed by atoms with van der Waals surface area (Å²) in [6.45, 7) is 13.5. The number of ether oxygens (including phenoxy) is 2. The standard InChI is InChI=1S/C23H44N2O5/c1-8-9-10-13-17(20(27)29-22(2,3)4)16-19(26)18(24)14-11-12-15-25-21(28)30-23(5,6)7/h17-18H,8-16,24H2,1-7H3,(H,25,28)/t17-,18?/m1/s1. The van der Waals surface area contributed by atoms with Crippen LogP contribution in [0.3, 0.4) is 0 Å². The minimum Gasteiger partial charge on any atom is -0.460 e. The van der Waals surface area contributed by atoms with Crippen molar-refractivity contribution in [2.75, 3.05) is 6.54 Å². The number of unbranched alkanes of at least 4 members (excludes halogenated alkanes) is 3. The highest BCUT2D eigenvalue weighted by molar-refractivity contribution is 5.88. The molecule has 7 heteroatoms. The van der Waals surface area contributed by atoms with Crippen molar-refractivity contribution in [3.63, 3.8) is 0 Å². The topological polar surface area (TPSA) is 108 Å². The van der Waals surface area contributed by atoms with Gasteiger partial charge in [0.05, 0.1) is 12.0 Å². The molecule has 0 aliphatic rings. The van der Waals surface area contributed by atoms with Gasteiger partial charge in [0, 0.05) is 13.0 Å². The normalized spacial score (nSPS) is 14.0. The number of hydrogen-bond donors (Lipinski definition) is 2. The zero-order chi connectivity index (χ0) is 23.4. The molecular formula is C23H44N2O5. The Kier molecular flexibility index (Phi) is 12.9. The van der Waals surface area contributed by atoms with Crippen LogP contribution in [0.15, 0.2) is 0 Å². The highest BCUT2D eigenvalue weighted by Crippen LogP contribution is 2.21. The number of alkyl carbamates (subject to hydrolysis) is 1. The van der Waals surface area contributed by atoms with Crippen molar-refractivity contribution in [1.82, 2.24) is 5.32 Å². The molecule has 1 unspecified atom stereocenters. The highest BCUT2D eigenvalue weighted by atomic mass is 16.6. The van der Waals surface area contributed by atoms with Gasteiger partial charge in [-0.3, -0.25) is 9.59 Å². The van der Waals surface area contributed by atoms with Gasteiger partial charge >= 0.3 is 12.1 Å². The van der Waals surface area contributed by atoms with Crippen LogP contribution in [-0.2, 0) is 19.1 Å². The summed E-state index contributed by atoms with van der Waals surface area (Å²) in [6, 6.07) is -0.609. The molecule has 0 radical (unpaired) electrons. The minimum atomic E-state index is -0.609. The number of carbonyl (C=O) groups excluding carboxylic acids is 3. The van der Waals surface area contributed by atoms with Crippen molar-refractivity contribution in [2.24, 2.45) is 11.7 Å². The van der Waals surface area contributed by atoms with Crippen molar-refractivity contribution < 1.29 is 23.9 Å². The third-order valence-corrected chi connectivity index (χ3v) is 4.37. The van der Waals surface area contributed by atoms with Crippen LogP contribution in [0.4, 0.5) is 4.79 Å². The average Bonchev–Trinajstić information content (AvgIpc) is 2.57. The Morgan fingerprint density at radius 1 is 0.867 bits per heavy atom. The summed E-state index contributed by atoms with van der Waals surface area (Å²) in [7, 11) is 0. The van der Waals surface area contributed by atoms with Gasteiger partial charge in [-0.25, -0.2) is 4.79 Å². The number of hydrogen-bond acceptors (Lipinski definition) is 6. The van der Waals surface area contributed by atoms with Crippen molar-refractivity contribution in [3.8, 4) is 0 Å². The molecule has 0 bridgehead atoms. The summed E-state index contributed by atoms with van der Waals surface area (Å²) in [6.07, 6.45) is 5.19. The first-order chi connectivity index (χ1) is 13.7. The SMILES string of the molecule is CCCCC[C@H](CC(=O)C(N)CCCCNC(=O)OC(C)(C)C)C(=O)OC(C)(C)C. The lowest BCUT2D eigenvalue weighted by atomic mass is 9.92. The third-order valence-electron chi connectivity index (χ3n) is 4.37. The van der Waals surface area contributed by atoms with Gasteiger partial charge < -0.3 is 20.5 Å². The molecule has 0 rings (SSSR count). The number of amides is 1. The van der Waals surface area contributed by atoms with E-state index in [1.165, 1.54) is 0 Å². The van der Waals surface area contributed by atoms with E-state index < -0.39 is 29.3 Å². The molecule has 1 amide bonds. The quantitative estimate of drug-likeness (QED) is 0.330. The molecule has 0 fully saturated rings. The zero-order valence-corrected chi connectivity index (χ0v) is 20.1. The Hall–Kier alpha value is -1.63. The van der Waals surface area contributed by atoms with Crippen LogP contribution in [0.5, 0.6) is 0 Å². The summed E-state index contributed by atoms with van der Waals surface area (Å²) in [4.78, 5) is 36.7. The Balaban J connectivity index is 4.42. The van der Waals surface area contributed by atoms with E-state index in [9.17, 15) is 14.4 Å². The van der Waals surface area contributed by atoms with Crippen LogP contribution in [-0.4, -0.2) is 41.6 Å². The maximum absolute atomic E-state index is 12.6. The number of ketones is 1. The molecule has 7 nitrogen and oxygen atoms in total. The van der Waals surface area contributed by atoms with Crippen molar-refractivity contribution >= 4 is 17.8 Å². The van der Waals surface area contributed by atoms with Gasteiger partial charge in [0.1, 0.15) is 17.0 Å². The molecule has 176 valence electrons. The lowest BCUT2D eigenvalue weighted by Gasteiger charge is -2.24. The second-order valence-corrected chi connectivity index (χ2v) is 9.93. The van der Waals surface area contributed by atoms with Crippen LogP contribution in [0.25, 0.3) is 0 Å².